The van der Waals surface area contributed by atoms with Crippen LogP contribution in [-0.2, 0) is 6.42 Å². The summed E-state index contributed by atoms with van der Waals surface area (Å²) in [6.45, 7) is 1.68. The number of halogens is 3. The van der Waals surface area contributed by atoms with E-state index in [1.165, 1.54) is 18.2 Å². The maximum absolute atomic E-state index is 12.5. The third-order valence-electron chi connectivity index (χ3n) is 4.65. The van der Waals surface area contributed by atoms with Crippen LogP contribution in [0.4, 0.5) is 18.9 Å². The molecule has 2 N–H and O–H groups in total. The summed E-state index contributed by atoms with van der Waals surface area (Å²) in [6.07, 6.45) is -1.20. The number of alkyl halides is 3. The molecule has 0 radical (unpaired) electrons. The van der Waals surface area contributed by atoms with Gasteiger partial charge in [0.25, 0.3) is 5.91 Å². The van der Waals surface area contributed by atoms with E-state index >= 15 is 0 Å². The number of aryl methyl sites for hydroxylation is 2. The molecule has 0 heterocycles. The number of allylic oxidation sites excluding steroid dienone is 1. The minimum Gasteiger partial charge on any atom is -0.388 e. The van der Waals surface area contributed by atoms with Gasteiger partial charge in [-0.2, -0.15) is 13.2 Å². The van der Waals surface area contributed by atoms with Crippen LogP contribution in [0.5, 0.6) is 0 Å². The Bertz CT molecular complexity index is 887. The largest absolute Gasteiger partial charge is 0.409 e. The molecule has 0 aromatic heterocycles. The molecule has 1 aliphatic carbocycles. The molecule has 0 saturated heterocycles. The predicted molar refractivity (Wildman–Crippen MR) is 98.6 cm³/mol. The summed E-state index contributed by atoms with van der Waals surface area (Å²) in [5, 5.41) is 12.9. The topological polar surface area (TPSA) is 49.3 Å². The van der Waals surface area contributed by atoms with Gasteiger partial charge in [-0.25, -0.2) is 0 Å². The van der Waals surface area contributed by atoms with E-state index in [4.69, 9.17) is 0 Å². The molecular formula is C21H20F3NO2. The fourth-order valence-electron chi connectivity index (χ4n) is 3.29. The number of nitrogens with one attached hydrogen (secondary N) is 1. The average molecular weight is 375 g/mol. The van der Waals surface area contributed by atoms with Crippen molar-refractivity contribution in [2.45, 2.75) is 38.5 Å². The highest BCUT2D eigenvalue weighted by Crippen LogP contribution is 2.31. The molecular weight excluding hydrogens is 355 g/mol. The molecule has 1 amide bonds. The van der Waals surface area contributed by atoms with Crippen LogP contribution in [0.1, 0.15) is 51.6 Å². The zero-order valence-corrected chi connectivity index (χ0v) is 14.8. The van der Waals surface area contributed by atoms with E-state index < -0.39 is 12.3 Å². The molecule has 27 heavy (non-hydrogen) atoms. The van der Waals surface area contributed by atoms with Crippen molar-refractivity contribution in [2.24, 2.45) is 0 Å². The van der Waals surface area contributed by atoms with Crippen molar-refractivity contribution in [3.8, 4) is 0 Å². The second-order valence-electron chi connectivity index (χ2n) is 6.73. The second kappa shape index (κ2) is 7.56. The van der Waals surface area contributed by atoms with E-state index in [1.807, 2.05) is 6.07 Å². The van der Waals surface area contributed by atoms with Crippen LogP contribution in [0.2, 0.25) is 0 Å². The van der Waals surface area contributed by atoms with Gasteiger partial charge in [-0.1, -0.05) is 24.3 Å². The number of rotatable bonds is 3. The summed E-state index contributed by atoms with van der Waals surface area (Å²) in [6, 6.07) is 10.0. The maximum atomic E-state index is 12.5. The van der Waals surface area contributed by atoms with E-state index in [1.54, 1.807) is 19.1 Å². The number of aliphatic hydroxyl groups excluding tert-OH is 1. The fourth-order valence-corrected chi connectivity index (χ4v) is 3.29. The number of carbonyl (C=O) groups is 1. The number of hydrogen-bond donors (Lipinski definition) is 2. The molecule has 1 unspecified atom stereocenters. The number of benzene rings is 2. The minimum absolute atomic E-state index is 0.167. The first-order valence-corrected chi connectivity index (χ1v) is 8.72. The second-order valence-corrected chi connectivity index (χ2v) is 6.73. The fraction of sp³-hybridized carbons (Fsp3) is 0.286. The first-order chi connectivity index (χ1) is 12.7. The van der Waals surface area contributed by atoms with Crippen LogP contribution in [0.3, 0.4) is 0 Å². The van der Waals surface area contributed by atoms with E-state index in [0.29, 0.717) is 28.8 Å². The van der Waals surface area contributed by atoms with E-state index in [0.717, 1.165) is 30.0 Å². The van der Waals surface area contributed by atoms with Gasteiger partial charge < -0.3 is 10.4 Å². The molecule has 2 aromatic rings. The van der Waals surface area contributed by atoms with Crippen molar-refractivity contribution in [1.82, 2.24) is 0 Å². The molecule has 6 heteroatoms. The third kappa shape index (κ3) is 4.77. The van der Waals surface area contributed by atoms with Gasteiger partial charge in [-0.05, 0) is 66.6 Å². The average Bonchev–Trinajstić information content (AvgIpc) is 2.60. The lowest BCUT2D eigenvalue weighted by atomic mass is 9.89. The lowest BCUT2D eigenvalue weighted by Gasteiger charge is -2.22. The molecule has 3 rings (SSSR count). The summed E-state index contributed by atoms with van der Waals surface area (Å²) in [7, 11) is 0. The van der Waals surface area contributed by atoms with Crippen molar-refractivity contribution in [1.29, 1.82) is 0 Å². The number of aliphatic hydroxyl groups is 1. The SMILES string of the molecule is Cc1cc(/C=C/C(F)(F)F)ccc1C(=O)Nc1ccc2c(c1)C(O)CCC2. The quantitative estimate of drug-likeness (QED) is 0.775. The number of anilines is 1. The van der Waals surface area contributed by atoms with Crippen molar-refractivity contribution in [3.05, 3.63) is 70.3 Å². The van der Waals surface area contributed by atoms with E-state index in [9.17, 15) is 23.1 Å². The van der Waals surface area contributed by atoms with Crippen LogP contribution in [0.15, 0.2) is 42.5 Å². The van der Waals surface area contributed by atoms with Crippen LogP contribution < -0.4 is 5.32 Å². The summed E-state index contributed by atoms with van der Waals surface area (Å²) in [5.74, 6) is -0.343. The normalized spacial score (nSPS) is 17.0. The zero-order valence-electron chi connectivity index (χ0n) is 14.8. The Kier molecular flexibility index (Phi) is 5.37. The Balaban J connectivity index is 1.77. The third-order valence-corrected chi connectivity index (χ3v) is 4.65. The highest BCUT2D eigenvalue weighted by Gasteiger charge is 2.22. The lowest BCUT2D eigenvalue weighted by Crippen LogP contribution is -2.15. The number of carbonyl (C=O) groups excluding carboxylic acids is 1. The molecule has 1 atom stereocenters. The van der Waals surface area contributed by atoms with Gasteiger partial charge in [0.15, 0.2) is 0 Å². The van der Waals surface area contributed by atoms with Gasteiger partial charge in [0.1, 0.15) is 0 Å². The predicted octanol–water partition coefficient (Wildman–Crippen LogP) is 5.19. The first kappa shape index (κ1) is 19.2. The van der Waals surface area contributed by atoms with Crippen LogP contribution in [-0.4, -0.2) is 17.2 Å². The first-order valence-electron chi connectivity index (χ1n) is 8.72. The van der Waals surface area contributed by atoms with Gasteiger partial charge in [-0.3, -0.25) is 4.79 Å². The molecule has 0 saturated carbocycles. The zero-order chi connectivity index (χ0) is 19.6. The molecule has 0 bridgehead atoms. The van der Waals surface area contributed by atoms with Crippen molar-refractivity contribution < 1.29 is 23.1 Å². The Hall–Kier alpha value is -2.60. The number of hydrogen-bond acceptors (Lipinski definition) is 2. The highest BCUT2D eigenvalue weighted by molar-refractivity contribution is 6.05. The summed E-state index contributed by atoms with van der Waals surface area (Å²) in [5.41, 5.74) is 3.85. The Labute approximate surface area is 155 Å². The number of fused-ring (bicyclic) bond motifs is 1. The highest BCUT2D eigenvalue weighted by atomic mass is 19.4. The standard InChI is InChI=1S/C21H20F3NO2/c1-13-11-14(9-10-21(22,23)24)5-8-17(13)20(27)25-16-7-6-15-3-2-4-19(26)18(15)12-16/h5-12,19,26H,2-4H2,1H3,(H,25,27)/b10-9+. The van der Waals surface area contributed by atoms with Crippen molar-refractivity contribution in [2.75, 3.05) is 5.32 Å². The van der Waals surface area contributed by atoms with Gasteiger partial charge in [-0.15, -0.1) is 0 Å². The molecule has 0 aliphatic heterocycles. The summed E-state index contributed by atoms with van der Waals surface area (Å²) < 4.78 is 36.8. The van der Waals surface area contributed by atoms with Crippen molar-refractivity contribution >= 4 is 17.7 Å². The molecule has 2 aromatic carbocycles. The molecule has 0 fully saturated rings. The Morgan fingerprint density at radius 2 is 2.00 bits per heavy atom. The maximum Gasteiger partial charge on any atom is 0.409 e. The van der Waals surface area contributed by atoms with Crippen molar-refractivity contribution in [3.63, 3.8) is 0 Å². The van der Waals surface area contributed by atoms with E-state index in [-0.39, 0.29) is 12.0 Å². The molecule has 1 aliphatic rings. The van der Waals surface area contributed by atoms with Crippen LogP contribution in [0.25, 0.3) is 6.08 Å². The van der Waals surface area contributed by atoms with Crippen LogP contribution in [0, 0.1) is 6.92 Å². The Morgan fingerprint density at radius 3 is 2.70 bits per heavy atom. The summed E-state index contributed by atoms with van der Waals surface area (Å²) in [4.78, 5) is 12.5. The summed E-state index contributed by atoms with van der Waals surface area (Å²) >= 11 is 0. The van der Waals surface area contributed by atoms with Gasteiger partial charge in [0.2, 0.25) is 0 Å². The Morgan fingerprint density at radius 1 is 1.22 bits per heavy atom. The molecule has 3 nitrogen and oxygen atoms in total. The molecule has 142 valence electrons. The lowest BCUT2D eigenvalue weighted by molar-refractivity contribution is -0.0790. The van der Waals surface area contributed by atoms with Crippen LogP contribution >= 0.6 is 0 Å². The molecule has 0 spiro atoms. The van der Waals surface area contributed by atoms with E-state index in [2.05, 4.69) is 5.32 Å². The monoisotopic (exact) mass is 375 g/mol. The smallest absolute Gasteiger partial charge is 0.388 e. The van der Waals surface area contributed by atoms with Gasteiger partial charge in [0, 0.05) is 17.3 Å². The number of amides is 1. The van der Waals surface area contributed by atoms with Gasteiger partial charge >= 0.3 is 6.18 Å². The minimum atomic E-state index is -4.37. The van der Waals surface area contributed by atoms with Gasteiger partial charge in [0.05, 0.1) is 6.10 Å².